The molecule has 10 heteroatoms. The van der Waals surface area contributed by atoms with Crippen LogP contribution in [0.2, 0.25) is 5.02 Å². The maximum absolute atomic E-state index is 13.0. The molecule has 38 heavy (non-hydrogen) atoms. The number of thioether (sulfide) groups is 1. The summed E-state index contributed by atoms with van der Waals surface area (Å²) in [6, 6.07) is 16.5. The monoisotopic (exact) mass is 662 g/mol. The fourth-order valence-corrected chi connectivity index (χ4v) is 5.55. The van der Waals surface area contributed by atoms with Crippen LogP contribution in [-0.2, 0) is 16.1 Å². The lowest BCUT2D eigenvalue weighted by Gasteiger charge is -2.14. The highest BCUT2D eigenvalue weighted by Crippen LogP contribution is 2.37. The van der Waals surface area contributed by atoms with E-state index in [0.717, 1.165) is 28.5 Å². The van der Waals surface area contributed by atoms with E-state index in [0.29, 0.717) is 36.2 Å². The number of hydrogen-bond acceptors (Lipinski definition) is 6. The second-order valence-electron chi connectivity index (χ2n) is 8.59. The summed E-state index contributed by atoms with van der Waals surface area (Å²) in [5.74, 6) is 0.0982. The molecule has 1 fully saturated rings. The molecule has 3 amide bonds. The van der Waals surface area contributed by atoms with Crippen molar-refractivity contribution in [3.63, 3.8) is 0 Å². The zero-order chi connectivity index (χ0) is 27.4. The number of anilines is 1. The first-order chi connectivity index (χ1) is 18.1. The number of halogens is 2. The van der Waals surface area contributed by atoms with Crippen LogP contribution < -0.4 is 14.8 Å². The highest BCUT2D eigenvalue weighted by Gasteiger charge is 2.35. The Bertz CT molecular complexity index is 1460. The number of hydrogen-bond donors (Lipinski definition) is 1. The molecule has 7 nitrogen and oxygen atoms in total. The van der Waals surface area contributed by atoms with Gasteiger partial charge in [-0.2, -0.15) is 0 Å². The fraction of sp³-hybridized carbons (Fsp3) is 0.179. The Labute approximate surface area is 243 Å². The van der Waals surface area contributed by atoms with Gasteiger partial charge >= 0.3 is 0 Å². The summed E-state index contributed by atoms with van der Waals surface area (Å²) in [7, 11) is 1.49. The molecule has 0 unspecified atom stereocenters. The van der Waals surface area contributed by atoms with Crippen LogP contribution in [0.4, 0.5) is 10.5 Å². The summed E-state index contributed by atoms with van der Waals surface area (Å²) in [4.78, 5) is 39.6. The zero-order valence-electron chi connectivity index (χ0n) is 20.8. The van der Waals surface area contributed by atoms with E-state index in [1.807, 2.05) is 44.2 Å². The summed E-state index contributed by atoms with van der Waals surface area (Å²) in [6.07, 6.45) is 1.66. The second kappa shape index (κ2) is 12.2. The lowest BCUT2D eigenvalue weighted by molar-refractivity contribution is -0.123. The number of amides is 3. The number of nitrogens with zero attached hydrogens (tertiary/aromatic N) is 1. The van der Waals surface area contributed by atoms with Gasteiger partial charge in [-0.1, -0.05) is 47.5 Å². The Kier molecular flexibility index (Phi) is 9.01. The highest BCUT2D eigenvalue weighted by molar-refractivity contribution is 14.1. The number of imide groups is 1. The number of methoxy groups -OCH3 is 1. The van der Waals surface area contributed by atoms with Gasteiger partial charge in [0.15, 0.2) is 18.1 Å². The third-order valence-corrected chi connectivity index (χ3v) is 7.77. The van der Waals surface area contributed by atoms with Gasteiger partial charge in [0, 0.05) is 10.7 Å². The van der Waals surface area contributed by atoms with Gasteiger partial charge in [-0.15, -0.1) is 0 Å². The molecular weight excluding hydrogens is 639 g/mol. The average molecular weight is 663 g/mol. The first-order valence-electron chi connectivity index (χ1n) is 11.5. The van der Waals surface area contributed by atoms with Gasteiger partial charge in [-0.05, 0) is 95.2 Å². The van der Waals surface area contributed by atoms with Crippen molar-refractivity contribution >= 4 is 74.8 Å². The molecule has 1 aliphatic rings. The number of nitrogens with one attached hydrogen (secondary N) is 1. The summed E-state index contributed by atoms with van der Waals surface area (Å²) in [5.41, 5.74) is 4.10. The molecule has 196 valence electrons. The predicted octanol–water partition coefficient (Wildman–Crippen LogP) is 6.82. The van der Waals surface area contributed by atoms with Gasteiger partial charge in [-0.25, -0.2) is 0 Å². The molecule has 0 bridgehead atoms. The average Bonchev–Trinajstić information content (AvgIpc) is 3.12. The van der Waals surface area contributed by atoms with Gasteiger partial charge < -0.3 is 14.8 Å². The maximum Gasteiger partial charge on any atom is 0.293 e. The third kappa shape index (κ3) is 6.69. The number of benzene rings is 3. The molecule has 1 N–H and O–H groups in total. The summed E-state index contributed by atoms with van der Waals surface area (Å²) in [6.45, 7) is 3.82. The molecule has 0 spiro atoms. The smallest absolute Gasteiger partial charge is 0.293 e. The Morgan fingerprint density at radius 1 is 1.13 bits per heavy atom. The van der Waals surface area contributed by atoms with E-state index < -0.39 is 0 Å². The van der Waals surface area contributed by atoms with E-state index >= 15 is 0 Å². The lowest BCUT2D eigenvalue weighted by Crippen LogP contribution is -2.27. The van der Waals surface area contributed by atoms with Crippen LogP contribution in [0, 0.1) is 17.4 Å². The normalized spacial score (nSPS) is 14.2. The van der Waals surface area contributed by atoms with Crippen LogP contribution in [-0.4, -0.2) is 35.7 Å². The minimum absolute atomic E-state index is 0.216. The van der Waals surface area contributed by atoms with Gasteiger partial charge in [0.05, 0.1) is 22.1 Å². The number of rotatable bonds is 8. The zero-order valence-corrected chi connectivity index (χ0v) is 24.6. The van der Waals surface area contributed by atoms with Gasteiger partial charge in [-0.3, -0.25) is 19.3 Å². The summed E-state index contributed by atoms with van der Waals surface area (Å²) >= 11 is 9.11. The van der Waals surface area contributed by atoms with Gasteiger partial charge in [0.25, 0.3) is 17.1 Å². The van der Waals surface area contributed by atoms with Crippen molar-refractivity contribution in [3.8, 4) is 11.5 Å². The Hall–Kier alpha value is -3.02. The molecule has 0 radical (unpaired) electrons. The fourth-order valence-electron chi connectivity index (χ4n) is 3.75. The van der Waals surface area contributed by atoms with E-state index in [4.69, 9.17) is 21.1 Å². The van der Waals surface area contributed by atoms with Crippen LogP contribution in [0.5, 0.6) is 11.5 Å². The highest BCUT2D eigenvalue weighted by atomic mass is 127. The van der Waals surface area contributed by atoms with E-state index in [-0.39, 0.29) is 30.2 Å². The molecule has 3 aromatic carbocycles. The number of carbonyl (C=O) groups is 3. The number of aryl methyl sites for hydroxylation is 2. The minimum Gasteiger partial charge on any atom is -0.493 e. The molecule has 0 aromatic heterocycles. The molecule has 0 saturated carbocycles. The van der Waals surface area contributed by atoms with Crippen LogP contribution in [0.1, 0.15) is 22.3 Å². The van der Waals surface area contributed by atoms with Crippen molar-refractivity contribution < 1.29 is 23.9 Å². The first kappa shape index (κ1) is 28.0. The topological polar surface area (TPSA) is 84.9 Å². The Morgan fingerprint density at radius 2 is 1.92 bits per heavy atom. The molecule has 1 aliphatic heterocycles. The molecule has 3 aromatic rings. The number of ether oxygens (including phenoxy) is 2. The predicted molar refractivity (Wildman–Crippen MR) is 159 cm³/mol. The molecular formula is C28H24ClIN2O5S. The Balaban J connectivity index is 1.46. The van der Waals surface area contributed by atoms with Gasteiger partial charge in [0.1, 0.15) is 0 Å². The van der Waals surface area contributed by atoms with Crippen LogP contribution >= 0.6 is 46.0 Å². The van der Waals surface area contributed by atoms with Crippen LogP contribution in [0.25, 0.3) is 6.08 Å². The van der Waals surface area contributed by atoms with E-state index in [1.54, 1.807) is 30.3 Å². The first-order valence-corrected chi connectivity index (χ1v) is 13.8. The lowest BCUT2D eigenvalue weighted by atomic mass is 10.1. The number of carbonyl (C=O) groups excluding carboxylic acids is 3. The van der Waals surface area contributed by atoms with E-state index in [2.05, 4.69) is 27.9 Å². The van der Waals surface area contributed by atoms with Gasteiger partial charge in [0.2, 0.25) is 0 Å². The van der Waals surface area contributed by atoms with Crippen LogP contribution in [0.15, 0.2) is 59.5 Å². The van der Waals surface area contributed by atoms with Crippen molar-refractivity contribution in [2.24, 2.45) is 0 Å². The van der Waals surface area contributed by atoms with Crippen molar-refractivity contribution in [1.82, 2.24) is 4.90 Å². The van der Waals surface area contributed by atoms with E-state index in [1.165, 1.54) is 12.0 Å². The summed E-state index contributed by atoms with van der Waals surface area (Å²) < 4.78 is 11.9. The molecule has 0 atom stereocenters. The largest absolute Gasteiger partial charge is 0.493 e. The van der Waals surface area contributed by atoms with Crippen molar-refractivity contribution in [2.45, 2.75) is 20.4 Å². The SMILES string of the molecule is COc1cc(/C=C2\SC(=O)N(Cc3cccc(C)c3)C2=O)cc(I)c1OCC(=O)Nc1ccc(C)c(Cl)c1. The third-order valence-electron chi connectivity index (χ3n) is 5.65. The molecule has 1 saturated heterocycles. The van der Waals surface area contributed by atoms with Crippen molar-refractivity contribution in [1.29, 1.82) is 0 Å². The molecule has 0 aliphatic carbocycles. The maximum atomic E-state index is 13.0. The van der Waals surface area contributed by atoms with Crippen LogP contribution in [0.3, 0.4) is 0 Å². The van der Waals surface area contributed by atoms with Crippen molar-refractivity contribution in [2.75, 3.05) is 19.0 Å². The van der Waals surface area contributed by atoms with E-state index in [9.17, 15) is 14.4 Å². The quantitative estimate of drug-likeness (QED) is 0.211. The minimum atomic E-state index is -0.353. The Morgan fingerprint density at radius 3 is 2.63 bits per heavy atom. The van der Waals surface area contributed by atoms with Crippen molar-refractivity contribution in [3.05, 3.63) is 90.3 Å². The molecule has 4 rings (SSSR count). The second-order valence-corrected chi connectivity index (χ2v) is 11.2. The standard InChI is InChI=1S/C28H24ClIN2O5S/c1-16-5-4-6-18(9-16)14-32-27(34)24(38-28(32)35)12-19-10-22(30)26(23(11-19)36-3)37-15-25(33)31-20-8-7-17(2)21(29)13-20/h4-13H,14-15H2,1-3H3,(H,31,33)/b24-12-. The molecule has 1 heterocycles. The summed E-state index contributed by atoms with van der Waals surface area (Å²) in [5, 5.41) is 3.00.